The minimum atomic E-state index is 0. The fourth-order valence-electron chi connectivity index (χ4n) is 1.16. The highest BCUT2D eigenvalue weighted by Gasteiger charge is 2.09. The molecule has 0 aromatic heterocycles. The molecule has 0 bridgehead atoms. The van der Waals surface area contributed by atoms with Crippen LogP contribution in [0.5, 0.6) is 0 Å². The number of Topliss-reactive ketones (excluding diaryl/α,β-unsaturated/α-hetero) is 1. The summed E-state index contributed by atoms with van der Waals surface area (Å²) in [7, 11) is 0. The molecule has 0 saturated heterocycles. The van der Waals surface area contributed by atoms with E-state index >= 15 is 0 Å². The van der Waals surface area contributed by atoms with Gasteiger partial charge in [-0.05, 0) is 11.6 Å². The summed E-state index contributed by atoms with van der Waals surface area (Å²) in [5.41, 5.74) is 1.95. The van der Waals surface area contributed by atoms with Crippen LogP contribution in [-0.2, 0) is 11.2 Å². The Morgan fingerprint density at radius 3 is 2.83 bits per heavy atom. The van der Waals surface area contributed by atoms with E-state index in [0.717, 1.165) is 11.3 Å². The molecule has 0 atom stereocenters. The van der Waals surface area contributed by atoms with Crippen molar-refractivity contribution in [2.24, 2.45) is 4.99 Å². The minimum absolute atomic E-state index is 0. The molecule has 62 valence electrons. The van der Waals surface area contributed by atoms with Crippen LogP contribution in [0.2, 0.25) is 0 Å². The third-order valence-corrected chi connectivity index (χ3v) is 1.70. The first-order chi connectivity index (χ1) is 5.36. The van der Waals surface area contributed by atoms with Crippen molar-refractivity contribution >= 4 is 30.1 Å². The van der Waals surface area contributed by atoms with E-state index in [-0.39, 0.29) is 18.2 Å². The van der Waals surface area contributed by atoms with Gasteiger partial charge in [-0.15, -0.1) is 12.4 Å². The maximum atomic E-state index is 10.9. The number of fused-ring (bicyclic) bond motifs is 1. The molecule has 2 nitrogen and oxygen atoms in total. The molecule has 0 fully saturated rings. The van der Waals surface area contributed by atoms with Gasteiger partial charge in [-0.1, -0.05) is 18.2 Å². The predicted molar refractivity (Wildman–Crippen MR) is 50.6 cm³/mol. The van der Waals surface area contributed by atoms with Crippen molar-refractivity contribution in [3.05, 3.63) is 29.8 Å². The first-order valence-electron chi connectivity index (χ1n) is 3.51. The molecule has 1 aromatic carbocycles. The second-order valence-corrected chi connectivity index (χ2v) is 2.53. The highest BCUT2D eigenvalue weighted by atomic mass is 35.5. The third-order valence-electron chi connectivity index (χ3n) is 1.70. The maximum absolute atomic E-state index is 10.9. The molecule has 12 heavy (non-hydrogen) atoms. The summed E-state index contributed by atoms with van der Waals surface area (Å²) >= 11 is 0. The molecule has 1 heterocycles. The summed E-state index contributed by atoms with van der Waals surface area (Å²) in [6, 6.07) is 7.70. The van der Waals surface area contributed by atoms with Gasteiger partial charge in [0.25, 0.3) is 0 Å². The minimum Gasteiger partial charge on any atom is -0.293 e. The summed E-state index contributed by atoms with van der Waals surface area (Å²) in [5.74, 6) is 0.0868. The van der Waals surface area contributed by atoms with Crippen molar-refractivity contribution < 1.29 is 4.79 Å². The number of rotatable bonds is 0. The Morgan fingerprint density at radius 2 is 2.00 bits per heavy atom. The van der Waals surface area contributed by atoms with Gasteiger partial charge in [0.05, 0.1) is 11.9 Å². The second kappa shape index (κ2) is 3.50. The van der Waals surface area contributed by atoms with Gasteiger partial charge in [-0.3, -0.25) is 9.79 Å². The van der Waals surface area contributed by atoms with Gasteiger partial charge in [0.1, 0.15) is 0 Å². The number of carbonyl (C=O) groups excluding carboxylic acids is 1. The zero-order chi connectivity index (χ0) is 7.68. The SMILES string of the molecule is Cl.O=C1C=Nc2ccccc2C1. The Balaban J connectivity index is 0.000000720. The molecule has 0 spiro atoms. The van der Waals surface area contributed by atoms with Crippen LogP contribution in [0.25, 0.3) is 0 Å². The molecule has 0 aliphatic carbocycles. The lowest BCUT2D eigenvalue weighted by Gasteiger charge is -2.06. The number of hydrogen-bond acceptors (Lipinski definition) is 2. The quantitative estimate of drug-likeness (QED) is 0.602. The average Bonchev–Trinajstić information content (AvgIpc) is 2.04. The number of ketones is 1. The van der Waals surface area contributed by atoms with E-state index in [0.29, 0.717) is 6.42 Å². The van der Waals surface area contributed by atoms with Crippen molar-refractivity contribution in [2.75, 3.05) is 0 Å². The molecule has 1 aliphatic rings. The zero-order valence-electron chi connectivity index (χ0n) is 6.36. The standard InChI is InChI=1S/C9H7NO.ClH/c11-8-5-7-3-1-2-4-9(7)10-6-8;/h1-4,6H,5H2;1H. The Hall–Kier alpha value is -1.15. The molecular formula is C9H8ClNO. The van der Waals surface area contributed by atoms with Crippen LogP contribution >= 0.6 is 12.4 Å². The number of carbonyl (C=O) groups is 1. The Morgan fingerprint density at radius 1 is 1.25 bits per heavy atom. The van der Waals surface area contributed by atoms with E-state index < -0.39 is 0 Å². The molecule has 0 unspecified atom stereocenters. The molecule has 1 aliphatic heterocycles. The number of halogens is 1. The molecule has 2 rings (SSSR count). The monoisotopic (exact) mass is 181 g/mol. The second-order valence-electron chi connectivity index (χ2n) is 2.53. The lowest BCUT2D eigenvalue weighted by Crippen LogP contribution is -2.07. The highest BCUT2D eigenvalue weighted by molar-refractivity contribution is 6.29. The van der Waals surface area contributed by atoms with E-state index in [1.165, 1.54) is 6.21 Å². The highest BCUT2D eigenvalue weighted by Crippen LogP contribution is 2.21. The summed E-state index contributed by atoms with van der Waals surface area (Å²) < 4.78 is 0. The maximum Gasteiger partial charge on any atom is 0.178 e. The summed E-state index contributed by atoms with van der Waals surface area (Å²) in [6.07, 6.45) is 1.89. The summed E-state index contributed by atoms with van der Waals surface area (Å²) in [6.45, 7) is 0. The van der Waals surface area contributed by atoms with Crippen LogP contribution in [0.3, 0.4) is 0 Å². The van der Waals surface area contributed by atoms with Gasteiger partial charge >= 0.3 is 0 Å². The Labute approximate surface area is 76.7 Å². The van der Waals surface area contributed by atoms with E-state index in [4.69, 9.17) is 0 Å². The van der Waals surface area contributed by atoms with Crippen molar-refractivity contribution in [3.8, 4) is 0 Å². The number of nitrogens with zero attached hydrogens (tertiary/aromatic N) is 1. The van der Waals surface area contributed by atoms with Crippen LogP contribution in [-0.4, -0.2) is 12.0 Å². The van der Waals surface area contributed by atoms with Crippen LogP contribution in [0.1, 0.15) is 5.56 Å². The van der Waals surface area contributed by atoms with Crippen LogP contribution < -0.4 is 0 Å². The first kappa shape index (κ1) is 8.94. The van der Waals surface area contributed by atoms with Gasteiger partial charge in [0, 0.05) is 6.42 Å². The van der Waals surface area contributed by atoms with Gasteiger partial charge < -0.3 is 0 Å². The molecule has 1 aromatic rings. The largest absolute Gasteiger partial charge is 0.293 e. The fraction of sp³-hybridized carbons (Fsp3) is 0.111. The van der Waals surface area contributed by atoms with Crippen LogP contribution in [0.15, 0.2) is 29.3 Å². The smallest absolute Gasteiger partial charge is 0.178 e. The van der Waals surface area contributed by atoms with Gasteiger partial charge in [-0.2, -0.15) is 0 Å². The predicted octanol–water partition coefficient (Wildman–Crippen LogP) is 1.94. The van der Waals surface area contributed by atoms with Crippen LogP contribution in [0, 0.1) is 0 Å². The molecule has 0 N–H and O–H groups in total. The van der Waals surface area contributed by atoms with E-state index in [1.54, 1.807) is 0 Å². The van der Waals surface area contributed by atoms with E-state index in [1.807, 2.05) is 24.3 Å². The van der Waals surface area contributed by atoms with Crippen molar-refractivity contribution in [1.82, 2.24) is 0 Å². The topological polar surface area (TPSA) is 29.4 Å². The molecule has 3 heteroatoms. The van der Waals surface area contributed by atoms with Gasteiger partial charge in [-0.25, -0.2) is 0 Å². The summed E-state index contributed by atoms with van der Waals surface area (Å²) in [4.78, 5) is 14.9. The zero-order valence-corrected chi connectivity index (χ0v) is 7.17. The van der Waals surface area contributed by atoms with Crippen LogP contribution in [0.4, 0.5) is 5.69 Å². The first-order valence-corrected chi connectivity index (χ1v) is 3.51. The number of para-hydroxylation sites is 1. The normalized spacial score (nSPS) is 13.5. The fourth-order valence-corrected chi connectivity index (χ4v) is 1.16. The van der Waals surface area contributed by atoms with Crippen molar-refractivity contribution in [1.29, 1.82) is 0 Å². The third kappa shape index (κ3) is 1.53. The number of aliphatic imine (C=N–C) groups is 1. The molecule has 0 radical (unpaired) electrons. The average molecular weight is 182 g/mol. The molecule has 0 saturated carbocycles. The van der Waals surface area contributed by atoms with Gasteiger partial charge in [0.15, 0.2) is 5.78 Å². The lowest BCUT2D eigenvalue weighted by molar-refractivity contribution is -0.112. The van der Waals surface area contributed by atoms with Crippen molar-refractivity contribution in [3.63, 3.8) is 0 Å². The Kier molecular flexibility index (Phi) is 2.61. The van der Waals surface area contributed by atoms with Gasteiger partial charge in [0.2, 0.25) is 0 Å². The Bertz CT molecular complexity index is 333. The number of benzene rings is 1. The molecule has 0 amide bonds. The van der Waals surface area contributed by atoms with E-state index in [9.17, 15) is 4.79 Å². The summed E-state index contributed by atoms with van der Waals surface area (Å²) in [5, 5.41) is 0. The number of hydrogen-bond donors (Lipinski definition) is 0. The molecular weight excluding hydrogens is 174 g/mol. The lowest BCUT2D eigenvalue weighted by atomic mass is 10.1. The van der Waals surface area contributed by atoms with Crippen molar-refractivity contribution in [2.45, 2.75) is 6.42 Å². The van der Waals surface area contributed by atoms with E-state index in [2.05, 4.69) is 4.99 Å².